The van der Waals surface area contributed by atoms with Gasteiger partial charge in [0.1, 0.15) is 5.82 Å². The highest BCUT2D eigenvalue weighted by molar-refractivity contribution is 6.20. The van der Waals surface area contributed by atoms with E-state index in [0.29, 0.717) is 6.04 Å². The van der Waals surface area contributed by atoms with Crippen LogP contribution in [-0.2, 0) is 0 Å². The first-order valence-electron chi connectivity index (χ1n) is 8.09. The van der Waals surface area contributed by atoms with Crippen LogP contribution in [0.2, 0.25) is 0 Å². The summed E-state index contributed by atoms with van der Waals surface area (Å²) in [7, 11) is 0. The highest BCUT2D eigenvalue weighted by Gasteiger charge is 2.34. The summed E-state index contributed by atoms with van der Waals surface area (Å²) in [4.78, 5) is 7.46. The molecule has 21 heavy (non-hydrogen) atoms. The predicted octanol–water partition coefficient (Wildman–Crippen LogP) is 4.14. The van der Waals surface area contributed by atoms with E-state index in [9.17, 15) is 0 Å². The molecule has 1 aromatic heterocycles. The highest BCUT2D eigenvalue weighted by Crippen LogP contribution is 2.37. The van der Waals surface area contributed by atoms with Gasteiger partial charge in [0, 0.05) is 18.6 Å². The molecule has 4 rings (SSSR count). The summed E-state index contributed by atoms with van der Waals surface area (Å²) in [6.07, 6.45) is 5.18. The second-order valence-corrected chi connectivity index (χ2v) is 7.11. The monoisotopic (exact) mass is 303 g/mol. The summed E-state index contributed by atoms with van der Waals surface area (Å²) in [5.74, 6) is 1.04. The topological polar surface area (TPSA) is 21.1 Å². The number of imidazole rings is 1. The second kappa shape index (κ2) is 5.29. The third-order valence-electron chi connectivity index (χ3n) is 5.14. The first kappa shape index (κ1) is 13.6. The van der Waals surface area contributed by atoms with E-state index in [4.69, 9.17) is 16.6 Å². The average Bonchev–Trinajstić information content (AvgIpc) is 3.10. The minimum absolute atomic E-state index is 0.0426. The highest BCUT2D eigenvalue weighted by atomic mass is 35.5. The number of fused-ring (bicyclic) bond motifs is 2. The standard InChI is InChI=1S/C17H22ClN3/c1-12(18)17-19-15-6-2-3-7-16(15)21(17)14-8-10-20-9-4-5-13(20)11-14/h2-3,6-7,12-14H,4-5,8-11H2,1H3. The maximum atomic E-state index is 6.42. The van der Waals surface area contributed by atoms with Gasteiger partial charge in [0.15, 0.2) is 0 Å². The fourth-order valence-electron chi connectivity index (χ4n) is 4.17. The van der Waals surface area contributed by atoms with E-state index in [0.717, 1.165) is 17.4 Å². The molecule has 0 radical (unpaired) electrons. The Kier molecular flexibility index (Phi) is 3.43. The molecule has 2 fully saturated rings. The fraction of sp³-hybridized carbons (Fsp3) is 0.588. The summed E-state index contributed by atoms with van der Waals surface area (Å²) < 4.78 is 2.43. The molecule has 3 atom stereocenters. The van der Waals surface area contributed by atoms with E-state index in [1.165, 1.54) is 44.3 Å². The van der Waals surface area contributed by atoms with Crippen molar-refractivity contribution in [3.8, 4) is 0 Å². The maximum Gasteiger partial charge on any atom is 0.127 e. The third kappa shape index (κ3) is 2.27. The van der Waals surface area contributed by atoms with Crippen LogP contribution in [0.3, 0.4) is 0 Å². The van der Waals surface area contributed by atoms with Crippen molar-refractivity contribution in [2.75, 3.05) is 13.1 Å². The van der Waals surface area contributed by atoms with Crippen molar-refractivity contribution in [2.24, 2.45) is 0 Å². The van der Waals surface area contributed by atoms with Crippen molar-refractivity contribution in [1.82, 2.24) is 14.5 Å². The van der Waals surface area contributed by atoms with Crippen LogP contribution in [-0.4, -0.2) is 33.6 Å². The Labute approximate surface area is 130 Å². The molecule has 2 aliphatic rings. The molecule has 4 heteroatoms. The molecule has 112 valence electrons. The molecule has 2 aliphatic heterocycles. The van der Waals surface area contributed by atoms with Crippen LogP contribution < -0.4 is 0 Å². The van der Waals surface area contributed by atoms with E-state index >= 15 is 0 Å². The van der Waals surface area contributed by atoms with Crippen LogP contribution in [0.1, 0.15) is 49.9 Å². The van der Waals surface area contributed by atoms with Crippen LogP contribution >= 0.6 is 11.6 Å². The Bertz CT molecular complexity index is 649. The Morgan fingerprint density at radius 2 is 2.05 bits per heavy atom. The number of piperidine rings is 1. The molecule has 3 unspecified atom stereocenters. The van der Waals surface area contributed by atoms with Crippen molar-refractivity contribution in [3.63, 3.8) is 0 Å². The van der Waals surface area contributed by atoms with Gasteiger partial charge >= 0.3 is 0 Å². The number of aromatic nitrogens is 2. The lowest BCUT2D eigenvalue weighted by molar-refractivity contribution is 0.156. The Hall–Kier alpha value is -1.06. The lowest BCUT2D eigenvalue weighted by Gasteiger charge is -2.36. The molecule has 0 bridgehead atoms. The normalized spacial score (nSPS) is 27.9. The van der Waals surface area contributed by atoms with Gasteiger partial charge in [0.2, 0.25) is 0 Å². The van der Waals surface area contributed by atoms with Gasteiger partial charge in [-0.05, 0) is 51.3 Å². The predicted molar refractivity (Wildman–Crippen MR) is 86.9 cm³/mol. The summed E-state index contributed by atoms with van der Waals surface area (Å²) >= 11 is 6.42. The molecule has 2 aromatic rings. The van der Waals surface area contributed by atoms with Crippen molar-refractivity contribution >= 4 is 22.6 Å². The summed E-state index contributed by atoms with van der Waals surface area (Å²) in [6.45, 7) is 4.54. The molecule has 3 nitrogen and oxygen atoms in total. The number of alkyl halides is 1. The maximum absolute atomic E-state index is 6.42. The zero-order chi connectivity index (χ0) is 14.4. The first-order chi connectivity index (χ1) is 10.2. The number of hydrogen-bond acceptors (Lipinski definition) is 2. The van der Waals surface area contributed by atoms with Crippen LogP contribution in [0.25, 0.3) is 11.0 Å². The molecular weight excluding hydrogens is 282 g/mol. The number of benzene rings is 1. The molecule has 0 aliphatic carbocycles. The molecule has 0 amide bonds. The molecule has 0 spiro atoms. The van der Waals surface area contributed by atoms with Crippen molar-refractivity contribution in [2.45, 2.75) is 50.1 Å². The second-order valence-electron chi connectivity index (χ2n) is 6.45. The number of rotatable bonds is 2. The van der Waals surface area contributed by atoms with Crippen LogP contribution in [0.15, 0.2) is 24.3 Å². The number of hydrogen-bond donors (Lipinski definition) is 0. The lowest BCUT2D eigenvalue weighted by atomic mass is 9.97. The first-order valence-corrected chi connectivity index (χ1v) is 8.52. The largest absolute Gasteiger partial charge is 0.324 e. The molecule has 1 aromatic carbocycles. The van der Waals surface area contributed by atoms with Gasteiger partial charge in [-0.25, -0.2) is 4.98 Å². The number of nitrogens with zero attached hydrogens (tertiary/aromatic N) is 3. The zero-order valence-electron chi connectivity index (χ0n) is 12.5. The number of para-hydroxylation sites is 2. The Morgan fingerprint density at radius 3 is 2.90 bits per heavy atom. The Balaban J connectivity index is 1.76. The smallest absolute Gasteiger partial charge is 0.127 e. The van der Waals surface area contributed by atoms with E-state index in [1.807, 2.05) is 6.92 Å². The Morgan fingerprint density at radius 1 is 1.19 bits per heavy atom. The SMILES string of the molecule is CC(Cl)c1nc2ccccc2n1C1CCN2CCCC2C1. The van der Waals surface area contributed by atoms with Gasteiger partial charge in [-0.15, -0.1) is 11.6 Å². The lowest BCUT2D eigenvalue weighted by Crippen LogP contribution is -2.39. The quantitative estimate of drug-likeness (QED) is 0.778. The van der Waals surface area contributed by atoms with Gasteiger partial charge in [0.25, 0.3) is 0 Å². The summed E-state index contributed by atoms with van der Waals surface area (Å²) in [5.41, 5.74) is 2.32. The van der Waals surface area contributed by atoms with Gasteiger partial charge in [0.05, 0.1) is 16.4 Å². The molecular formula is C17H22ClN3. The van der Waals surface area contributed by atoms with E-state index in [2.05, 4.69) is 33.7 Å². The minimum Gasteiger partial charge on any atom is -0.324 e. The fourth-order valence-corrected chi connectivity index (χ4v) is 4.32. The van der Waals surface area contributed by atoms with E-state index in [1.54, 1.807) is 0 Å². The molecule has 2 saturated heterocycles. The van der Waals surface area contributed by atoms with Gasteiger partial charge < -0.3 is 9.47 Å². The molecule has 3 heterocycles. The summed E-state index contributed by atoms with van der Waals surface area (Å²) in [6, 6.07) is 9.76. The number of halogens is 1. The van der Waals surface area contributed by atoms with E-state index in [-0.39, 0.29) is 5.38 Å². The third-order valence-corrected chi connectivity index (χ3v) is 5.33. The average molecular weight is 304 g/mol. The van der Waals surface area contributed by atoms with Crippen LogP contribution in [0, 0.1) is 0 Å². The van der Waals surface area contributed by atoms with Gasteiger partial charge in [-0.2, -0.15) is 0 Å². The van der Waals surface area contributed by atoms with Crippen LogP contribution in [0.5, 0.6) is 0 Å². The molecule has 0 N–H and O–H groups in total. The van der Waals surface area contributed by atoms with Gasteiger partial charge in [-0.3, -0.25) is 0 Å². The van der Waals surface area contributed by atoms with E-state index < -0.39 is 0 Å². The minimum atomic E-state index is -0.0426. The molecule has 0 saturated carbocycles. The van der Waals surface area contributed by atoms with Crippen molar-refractivity contribution < 1.29 is 0 Å². The summed E-state index contributed by atoms with van der Waals surface area (Å²) in [5, 5.41) is -0.0426. The zero-order valence-corrected chi connectivity index (χ0v) is 13.3. The van der Waals surface area contributed by atoms with Gasteiger partial charge in [-0.1, -0.05) is 12.1 Å². The van der Waals surface area contributed by atoms with Crippen molar-refractivity contribution in [3.05, 3.63) is 30.1 Å². The van der Waals surface area contributed by atoms with Crippen LogP contribution in [0.4, 0.5) is 0 Å². The van der Waals surface area contributed by atoms with Crippen molar-refractivity contribution in [1.29, 1.82) is 0 Å².